The van der Waals surface area contributed by atoms with Crippen LogP contribution in [0.25, 0.3) is 0 Å². The minimum absolute atomic E-state index is 0.0262. The first-order chi connectivity index (χ1) is 16.1. The summed E-state index contributed by atoms with van der Waals surface area (Å²) in [5, 5.41) is 13.6. The van der Waals surface area contributed by atoms with E-state index in [0.717, 1.165) is 19.3 Å². The second kappa shape index (κ2) is 9.27. The number of primary amides is 1. The van der Waals surface area contributed by atoms with Crippen molar-refractivity contribution in [3.63, 3.8) is 0 Å². The lowest BCUT2D eigenvalue weighted by atomic mass is 9.93. The van der Waals surface area contributed by atoms with E-state index in [0.29, 0.717) is 10.6 Å². The largest absolute Gasteiger partial charge is 0.471 e. The van der Waals surface area contributed by atoms with Crippen molar-refractivity contribution in [2.45, 2.75) is 31.5 Å². The molecule has 10 nitrogen and oxygen atoms in total. The van der Waals surface area contributed by atoms with Gasteiger partial charge in [-0.05, 0) is 37.5 Å². The predicted octanol–water partition coefficient (Wildman–Crippen LogP) is 2.03. The van der Waals surface area contributed by atoms with E-state index < -0.39 is 23.8 Å². The Morgan fingerprint density at radius 3 is 2.35 bits per heavy atom. The van der Waals surface area contributed by atoms with Crippen LogP contribution in [-0.2, 0) is 4.79 Å². The van der Waals surface area contributed by atoms with Gasteiger partial charge in [0.1, 0.15) is 5.82 Å². The highest BCUT2D eigenvalue weighted by Gasteiger charge is 2.43. The van der Waals surface area contributed by atoms with Gasteiger partial charge in [0.15, 0.2) is 11.5 Å². The molecule has 0 spiro atoms. The Bertz CT molecular complexity index is 1080. The molecule has 0 radical (unpaired) electrons. The summed E-state index contributed by atoms with van der Waals surface area (Å²) in [7, 11) is 0. The molecule has 0 bridgehead atoms. The number of alkyl halides is 3. The topological polar surface area (TPSA) is 129 Å². The Hall–Kier alpha value is -3.71. The lowest BCUT2D eigenvalue weighted by Gasteiger charge is -2.36. The molecule has 1 aromatic carbocycles. The highest BCUT2D eigenvalue weighted by molar-refractivity contribution is 5.95. The Morgan fingerprint density at radius 1 is 1.09 bits per heavy atom. The zero-order valence-electron chi connectivity index (χ0n) is 17.9. The van der Waals surface area contributed by atoms with Gasteiger partial charge in [-0.3, -0.25) is 9.59 Å². The molecule has 14 heteroatoms. The van der Waals surface area contributed by atoms with Crippen LogP contribution in [0.1, 0.15) is 29.8 Å². The molecule has 1 aliphatic heterocycles. The van der Waals surface area contributed by atoms with Crippen molar-refractivity contribution >= 4 is 35.0 Å². The van der Waals surface area contributed by atoms with Crippen LogP contribution in [0.15, 0.2) is 18.2 Å². The molecular formula is C20H22F4N8O2. The second-order valence-electron chi connectivity index (χ2n) is 8.04. The molecule has 2 heterocycles. The molecule has 0 atom stereocenters. The maximum absolute atomic E-state index is 14.8. The Balaban J connectivity index is 1.43. The van der Waals surface area contributed by atoms with Crippen molar-refractivity contribution in [2.75, 3.05) is 41.7 Å². The molecule has 2 amide bonds. The molecule has 4 rings (SSSR count). The molecule has 1 saturated carbocycles. The van der Waals surface area contributed by atoms with Crippen LogP contribution in [0, 0.1) is 5.82 Å². The summed E-state index contributed by atoms with van der Waals surface area (Å²) in [6.45, 7) is -0.215. The van der Waals surface area contributed by atoms with Gasteiger partial charge in [0.2, 0.25) is 5.95 Å². The fraction of sp³-hybridized carbons (Fsp3) is 0.450. The van der Waals surface area contributed by atoms with Gasteiger partial charge < -0.3 is 26.2 Å². The Labute approximate surface area is 191 Å². The number of amides is 2. The molecule has 1 saturated heterocycles. The second-order valence-corrected chi connectivity index (χ2v) is 8.04. The van der Waals surface area contributed by atoms with Gasteiger partial charge in [-0.2, -0.15) is 18.2 Å². The van der Waals surface area contributed by atoms with Crippen LogP contribution in [-0.4, -0.2) is 70.3 Å². The van der Waals surface area contributed by atoms with Gasteiger partial charge in [-0.1, -0.05) is 0 Å². The Kier molecular flexibility index (Phi) is 6.39. The van der Waals surface area contributed by atoms with E-state index >= 15 is 0 Å². The number of benzene rings is 1. The van der Waals surface area contributed by atoms with Crippen molar-refractivity contribution in [2.24, 2.45) is 5.73 Å². The molecule has 2 aliphatic rings. The first-order valence-electron chi connectivity index (χ1n) is 10.6. The molecule has 2 fully saturated rings. The van der Waals surface area contributed by atoms with Gasteiger partial charge in [0.25, 0.3) is 5.91 Å². The van der Waals surface area contributed by atoms with Gasteiger partial charge in [0, 0.05) is 37.9 Å². The third-order valence-corrected chi connectivity index (χ3v) is 5.72. The number of rotatable bonds is 6. The number of hydrogen-bond acceptors (Lipinski definition) is 8. The van der Waals surface area contributed by atoms with Crippen LogP contribution in [0.2, 0.25) is 0 Å². The SMILES string of the molecule is NC(=O)c1nnc(Nc2ccc(N3CCN(C(=O)C(F)(F)F)CC3)c(F)c2)nc1NC1CCC1. The summed E-state index contributed by atoms with van der Waals surface area (Å²) in [6, 6.07) is 4.37. The zero-order chi connectivity index (χ0) is 24.5. The number of hydrogen-bond donors (Lipinski definition) is 3. The lowest BCUT2D eigenvalue weighted by Crippen LogP contribution is -2.52. The number of nitrogens with one attached hydrogen (secondary N) is 2. The van der Waals surface area contributed by atoms with E-state index in [4.69, 9.17) is 5.73 Å². The van der Waals surface area contributed by atoms with E-state index in [-0.39, 0.29) is 55.4 Å². The van der Waals surface area contributed by atoms with Crippen LogP contribution in [0.5, 0.6) is 0 Å². The monoisotopic (exact) mass is 482 g/mol. The van der Waals surface area contributed by atoms with Crippen molar-refractivity contribution < 1.29 is 27.2 Å². The fourth-order valence-electron chi connectivity index (χ4n) is 3.69. The molecule has 0 unspecified atom stereocenters. The first-order valence-corrected chi connectivity index (χ1v) is 10.6. The minimum Gasteiger partial charge on any atom is -0.366 e. The average molecular weight is 482 g/mol. The molecule has 34 heavy (non-hydrogen) atoms. The van der Waals surface area contributed by atoms with E-state index in [9.17, 15) is 27.2 Å². The third-order valence-electron chi connectivity index (χ3n) is 5.72. The number of anilines is 4. The molecule has 1 aliphatic carbocycles. The zero-order valence-corrected chi connectivity index (χ0v) is 17.9. The number of aromatic nitrogens is 3. The van der Waals surface area contributed by atoms with Crippen LogP contribution < -0.4 is 21.3 Å². The number of piperazine rings is 1. The summed E-state index contributed by atoms with van der Waals surface area (Å²) in [5.41, 5.74) is 5.73. The molecule has 4 N–H and O–H groups in total. The van der Waals surface area contributed by atoms with Crippen molar-refractivity contribution in [3.8, 4) is 0 Å². The van der Waals surface area contributed by atoms with Gasteiger partial charge in [-0.15, -0.1) is 10.2 Å². The molecule has 2 aromatic rings. The number of nitrogens with zero attached hydrogens (tertiary/aromatic N) is 5. The number of carbonyl (C=O) groups is 2. The highest BCUT2D eigenvalue weighted by Crippen LogP contribution is 2.28. The highest BCUT2D eigenvalue weighted by atomic mass is 19.4. The summed E-state index contributed by atoms with van der Waals surface area (Å²) < 4.78 is 52.6. The fourth-order valence-corrected chi connectivity index (χ4v) is 3.69. The first kappa shape index (κ1) is 23.4. The van der Waals surface area contributed by atoms with Crippen LogP contribution >= 0.6 is 0 Å². The van der Waals surface area contributed by atoms with Gasteiger partial charge in [-0.25, -0.2) is 4.39 Å². The summed E-state index contributed by atoms with van der Waals surface area (Å²) >= 11 is 0. The molecule has 1 aromatic heterocycles. The standard InChI is InChI=1S/C20H22F4N8O2/c21-13-10-12(4-5-14(13)31-6-8-32(9-7-31)18(34)20(22,23)24)27-19-28-17(26-11-2-1-3-11)15(16(25)33)29-30-19/h4-5,10-11H,1-3,6-9H2,(H2,25,33)(H2,26,27,28,30). The molecular weight excluding hydrogens is 460 g/mol. The van der Waals surface area contributed by atoms with Gasteiger partial charge >= 0.3 is 12.1 Å². The smallest absolute Gasteiger partial charge is 0.366 e. The number of halogens is 4. The van der Waals surface area contributed by atoms with Gasteiger partial charge in [0.05, 0.1) is 5.69 Å². The minimum atomic E-state index is -4.93. The average Bonchev–Trinajstić information content (AvgIpc) is 2.75. The van der Waals surface area contributed by atoms with Crippen LogP contribution in [0.3, 0.4) is 0 Å². The summed E-state index contributed by atoms with van der Waals surface area (Å²) in [6.07, 6.45) is -2.01. The normalized spacial score (nSPS) is 16.7. The van der Waals surface area contributed by atoms with E-state index in [1.165, 1.54) is 12.1 Å². The summed E-state index contributed by atoms with van der Waals surface area (Å²) in [5.74, 6) is -3.07. The number of carbonyl (C=O) groups excluding carboxylic acids is 2. The van der Waals surface area contributed by atoms with E-state index in [1.54, 1.807) is 11.0 Å². The quantitative estimate of drug-likeness (QED) is 0.534. The van der Waals surface area contributed by atoms with Crippen molar-refractivity contribution in [1.82, 2.24) is 20.1 Å². The van der Waals surface area contributed by atoms with Crippen molar-refractivity contribution in [3.05, 3.63) is 29.7 Å². The maximum Gasteiger partial charge on any atom is 0.471 e. The third kappa shape index (κ3) is 5.10. The lowest BCUT2D eigenvalue weighted by molar-refractivity contribution is -0.185. The predicted molar refractivity (Wildman–Crippen MR) is 114 cm³/mol. The molecule has 182 valence electrons. The van der Waals surface area contributed by atoms with Crippen LogP contribution in [0.4, 0.5) is 40.7 Å². The van der Waals surface area contributed by atoms with Crippen molar-refractivity contribution in [1.29, 1.82) is 0 Å². The maximum atomic E-state index is 14.8. The summed E-state index contributed by atoms with van der Waals surface area (Å²) in [4.78, 5) is 29.5. The Morgan fingerprint density at radius 2 is 1.79 bits per heavy atom. The van der Waals surface area contributed by atoms with E-state index in [2.05, 4.69) is 25.8 Å². The number of nitrogens with two attached hydrogens (primary N) is 1. The van der Waals surface area contributed by atoms with E-state index in [1.807, 2.05) is 0 Å².